The van der Waals surface area contributed by atoms with E-state index in [1.807, 2.05) is 22.9 Å². The maximum absolute atomic E-state index is 12.8. The van der Waals surface area contributed by atoms with Gasteiger partial charge in [0.1, 0.15) is 17.2 Å². The van der Waals surface area contributed by atoms with Crippen molar-refractivity contribution >= 4 is 45.5 Å². The summed E-state index contributed by atoms with van der Waals surface area (Å²) in [7, 11) is 1.31. The summed E-state index contributed by atoms with van der Waals surface area (Å²) in [5.41, 5.74) is 2.08. The first kappa shape index (κ1) is 19.8. The van der Waals surface area contributed by atoms with Crippen molar-refractivity contribution in [2.24, 2.45) is 0 Å². The summed E-state index contributed by atoms with van der Waals surface area (Å²) >= 11 is 2.77. The van der Waals surface area contributed by atoms with E-state index in [4.69, 9.17) is 9.47 Å². The summed E-state index contributed by atoms with van der Waals surface area (Å²) in [6.07, 6.45) is 0. The third-order valence-electron chi connectivity index (χ3n) is 3.79. The Bertz CT molecular complexity index is 1010. The molecule has 0 bridgehead atoms. The highest BCUT2D eigenvalue weighted by Crippen LogP contribution is 2.38. The van der Waals surface area contributed by atoms with Gasteiger partial charge in [-0.25, -0.2) is 9.59 Å². The van der Waals surface area contributed by atoms with Crippen LogP contribution < -0.4 is 5.32 Å². The van der Waals surface area contributed by atoms with E-state index in [9.17, 15) is 14.4 Å². The number of thiophene rings is 2. The molecule has 0 saturated carbocycles. The molecule has 6 nitrogen and oxygen atoms in total. The van der Waals surface area contributed by atoms with E-state index in [-0.39, 0.29) is 12.5 Å². The average Bonchev–Trinajstić information content (AvgIpc) is 3.35. The number of nitrogens with one attached hydrogen (secondary N) is 1. The fourth-order valence-corrected chi connectivity index (χ4v) is 4.37. The minimum atomic E-state index is -0.545. The lowest BCUT2D eigenvalue weighted by Crippen LogP contribution is -2.12. The van der Waals surface area contributed by atoms with Crippen LogP contribution in [0, 0.1) is 0 Å². The maximum Gasteiger partial charge on any atom is 0.342 e. The zero-order valence-electron chi connectivity index (χ0n) is 15.2. The third kappa shape index (κ3) is 4.47. The molecular formula is C20H17NO5S2. The van der Waals surface area contributed by atoms with Gasteiger partial charge in [-0.1, -0.05) is 18.2 Å². The largest absolute Gasteiger partial charge is 0.465 e. The number of ether oxygens (including phenoxy) is 2. The first-order valence-corrected chi connectivity index (χ1v) is 10.0. The van der Waals surface area contributed by atoms with Gasteiger partial charge in [0.15, 0.2) is 0 Å². The normalized spacial score (nSPS) is 10.4. The first-order chi connectivity index (χ1) is 13.5. The van der Waals surface area contributed by atoms with E-state index in [0.717, 1.165) is 10.4 Å². The smallest absolute Gasteiger partial charge is 0.342 e. The number of esters is 2. The Morgan fingerprint density at radius 1 is 1.07 bits per heavy atom. The second kappa shape index (κ2) is 8.81. The van der Waals surface area contributed by atoms with Crippen LogP contribution >= 0.6 is 22.7 Å². The highest BCUT2D eigenvalue weighted by Gasteiger charge is 2.23. The molecule has 0 aliphatic heterocycles. The van der Waals surface area contributed by atoms with Crippen LogP contribution in [0.1, 0.15) is 33.2 Å². The number of anilines is 1. The van der Waals surface area contributed by atoms with Gasteiger partial charge in [0.05, 0.1) is 12.7 Å². The second-order valence-corrected chi connectivity index (χ2v) is 7.61. The molecule has 144 valence electrons. The first-order valence-electron chi connectivity index (χ1n) is 8.27. The van der Waals surface area contributed by atoms with Gasteiger partial charge >= 0.3 is 11.9 Å². The Balaban J connectivity index is 1.83. The van der Waals surface area contributed by atoms with Crippen LogP contribution in [0.2, 0.25) is 0 Å². The number of rotatable bonds is 6. The highest BCUT2D eigenvalue weighted by molar-refractivity contribution is 7.17. The van der Waals surface area contributed by atoms with Gasteiger partial charge in [-0.05, 0) is 29.1 Å². The Hall–Kier alpha value is -2.97. The quantitative estimate of drug-likeness (QED) is 0.596. The Labute approximate surface area is 169 Å². The van der Waals surface area contributed by atoms with Crippen LogP contribution in [0.4, 0.5) is 5.00 Å². The molecule has 1 N–H and O–H groups in total. The Kier molecular flexibility index (Phi) is 6.23. The van der Waals surface area contributed by atoms with Crippen molar-refractivity contribution in [3.8, 4) is 10.4 Å². The molecule has 0 fully saturated rings. The van der Waals surface area contributed by atoms with Crippen LogP contribution in [-0.2, 0) is 20.9 Å². The van der Waals surface area contributed by atoms with E-state index in [0.29, 0.717) is 21.7 Å². The molecule has 2 heterocycles. The molecule has 0 radical (unpaired) electrons. The van der Waals surface area contributed by atoms with E-state index >= 15 is 0 Å². The van der Waals surface area contributed by atoms with Crippen molar-refractivity contribution in [3.05, 3.63) is 63.8 Å². The van der Waals surface area contributed by atoms with Crippen molar-refractivity contribution in [1.82, 2.24) is 0 Å². The average molecular weight is 415 g/mol. The lowest BCUT2D eigenvalue weighted by molar-refractivity contribution is -0.114. The molecule has 1 amide bonds. The van der Waals surface area contributed by atoms with Crippen LogP contribution in [0.5, 0.6) is 0 Å². The van der Waals surface area contributed by atoms with Gasteiger partial charge in [-0.2, -0.15) is 0 Å². The molecule has 0 aliphatic rings. The number of methoxy groups -OCH3 is 1. The molecule has 0 saturated heterocycles. The molecular weight excluding hydrogens is 398 g/mol. The van der Waals surface area contributed by atoms with Gasteiger partial charge in [0.25, 0.3) is 0 Å². The summed E-state index contributed by atoms with van der Waals surface area (Å²) in [6, 6.07) is 10.5. The van der Waals surface area contributed by atoms with Crippen molar-refractivity contribution in [3.63, 3.8) is 0 Å². The van der Waals surface area contributed by atoms with Crippen molar-refractivity contribution in [1.29, 1.82) is 0 Å². The molecule has 2 aromatic heterocycles. The van der Waals surface area contributed by atoms with Crippen LogP contribution in [0.3, 0.4) is 0 Å². The fourth-order valence-electron chi connectivity index (χ4n) is 2.55. The number of carbonyl (C=O) groups is 3. The van der Waals surface area contributed by atoms with Gasteiger partial charge in [-0.3, -0.25) is 4.79 Å². The summed E-state index contributed by atoms with van der Waals surface area (Å²) < 4.78 is 10.2. The summed E-state index contributed by atoms with van der Waals surface area (Å²) in [6.45, 7) is 1.38. The second-order valence-electron chi connectivity index (χ2n) is 5.78. The van der Waals surface area contributed by atoms with Gasteiger partial charge in [-0.15, -0.1) is 22.7 Å². The predicted octanol–water partition coefficient (Wildman–Crippen LogP) is 4.58. The van der Waals surface area contributed by atoms with Crippen LogP contribution in [0.15, 0.2) is 47.2 Å². The van der Waals surface area contributed by atoms with Gasteiger partial charge < -0.3 is 14.8 Å². The van der Waals surface area contributed by atoms with Gasteiger partial charge in [0.2, 0.25) is 5.91 Å². The molecule has 0 aliphatic carbocycles. The lowest BCUT2D eigenvalue weighted by atomic mass is 10.1. The molecule has 0 unspecified atom stereocenters. The zero-order chi connectivity index (χ0) is 20.1. The summed E-state index contributed by atoms with van der Waals surface area (Å²) in [5, 5.41) is 6.88. The number of hydrogen-bond donors (Lipinski definition) is 1. The van der Waals surface area contributed by atoms with E-state index < -0.39 is 11.9 Å². The summed E-state index contributed by atoms with van der Waals surface area (Å²) in [4.78, 5) is 36.9. The standard InChI is InChI=1S/C20H17NO5S2/c1-12(22)21-18-17(15(11-28-18)16-7-4-8-27-16)20(24)26-10-13-5-3-6-14(9-13)19(23)25-2/h3-9,11H,10H2,1-2H3,(H,21,22). The number of benzene rings is 1. The molecule has 0 atom stereocenters. The van der Waals surface area contributed by atoms with Crippen LogP contribution in [-0.4, -0.2) is 25.0 Å². The molecule has 3 aromatic rings. The summed E-state index contributed by atoms with van der Waals surface area (Å²) in [5.74, 6) is -1.27. The molecule has 0 spiro atoms. The van der Waals surface area contributed by atoms with Crippen molar-refractivity contribution < 1.29 is 23.9 Å². The Morgan fingerprint density at radius 3 is 2.57 bits per heavy atom. The van der Waals surface area contributed by atoms with Crippen LogP contribution in [0.25, 0.3) is 10.4 Å². The minimum Gasteiger partial charge on any atom is -0.465 e. The molecule has 3 rings (SSSR count). The SMILES string of the molecule is COC(=O)c1cccc(COC(=O)c2c(-c3cccs3)csc2NC(C)=O)c1. The van der Waals surface area contributed by atoms with Crippen molar-refractivity contribution in [2.75, 3.05) is 12.4 Å². The minimum absolute atomic E-state index is 0.0110. The Morgan fingerprint density at radius 2 is 1.89 bits per heavy atom. The third-order valence-corrected chi connectivity index (χ3v) is 5.59. The zero-order valence-corrected chi connectivity index (χ0v) is 16.8. The van der Waals surface area contributed by atoms with E-state index in [1.54, 1.807) is 24.3 Å². The van der Waals surface area contributed by atoms with Crippen molar-refractivity contribution in [2.45, 2.75) is 13.5 Å². The van der Waals surface area contributed by atoms with E-state index in [1.165, 1.54) is 36.7 Å². The fraction of sp³-hybridized carbons (Fsp3) is 0.150. The molecule has 1 aromatic carbocycles. The highest BCUT2D eigenvalue weighted by atomic mass is 32.1. The van der Waals surface area contributed by atoms with Gasteiger partial charge in [0, 0.05) is 22.7 Å². The number of hydrogen-bond acceptors (Lipinski definition) is 7. The monoisotopic (exact) mass is 415 g/mol. The van der Waals surface area contributed by atoms with E-state index in [2.05, 4.69) is 5.32 Å². The lowest BCUT2D eigenvalue weighted by Gasteiger charge is -2.09. The number of carbonyl (C=O) groups excluding carboxylic acids is 3. The topological polar surface area (TPSA) is 81.7 Å². The maximum atomic E-state index is 12.8. The number of amides is 1. The molecule has 8 heteroatoms. The molecule has 28 heavy (non-hydrogen) atoms. The predicted molar refractivity (Wildman–Crippen MR) is 109 cm³/mol.